The maximum atomic E-state index is 12.6. The van der Waals surface area contributed by atoms with Crippen molar-refractivity contribution in [2.45, 2.75) is 6.61 Å². The average Bonchev–Trinajstić information content (AvgIpc) is 2.61. The summed E-state index contributed by atoms with van der Waals surface area (Å²) in [6, 6.07) is 8.81. The standard InChI is InChI=1S/C17H21N5O2/c18-14-9-12(11-24-15-2-1-3-21-16(15)19)8-13(10-14)17(23)22-6-4-20-5-7-22/h1-3,8-10,20H,4-7,11,18H2,(H2,19,21). The highest BCUT2D eigenvalue weighted by atomic mass is 16.5. The van der Waals surface area contributed by atoms with Gasteiger partial charge in [-0.3, -0.25) is 4.79 Å². The van der Waals surface area contributed by atoms with E-state index in [9.17, 15) is 4.79 Å². The Morgan fingerprint density at radius 1 is 1.25 bits per heavy atom. The number of piperazine rings is 1. The van der Waals surface area contributed by atoms with Gasteiger partial charge in [0.1, 0.15) is 6.61 Å². The second-order valence-electron chi connectivity index (χ2n) is 5.68. The Hall–Kier alpha value is -2.80. The van der Waals surface area contributed by atoms with Crippen LogP contribution >= 0.6 is 0 Å². The molecule has 0 unspecified atom stereocenters. The monoisotopic (exact) mass is 327 g/mol. The lowest BCUT2D eigenvalue weighted by molar-refractivity contribution is 0.0735. The molecule has 0 bridgehead atoms. The third kappa shape index (κ3) is 3.75. The molecule has 1 aromatic carbocycles. The van der Waals surface area contributed by atoms with Crippen LogP contribution in [0.25, 0.3) is 0 Å². The van der Waals surface area contributed by atoms with Crippen molar-refractivity contribution in [3.8, 4) is 5.75 Å². The molecular formula is C17H21N5O2. The number of nitrogens with one attached hydrogen (secondary N) is 1. The first kappa shape index (κ1) is 16.1. The number of benzene rings is 1. The Labute approximate surface area is 140 Å². The van der Waals surface area contributed by atoms with Gasteiger partial charge in [-0.05, 0) is 35.9 Å². The zero-order chi connectivity index (χ0) is 16.9. The molecule has 1 fully saturated rings. The molecule has 7 heteroatoms. The number of anilines is 2. The highest BCUT2D eigenvalue weighted by molar-refractivity contribution is 5.95. The summed E-state index contributed by atoms with van der Waals surface area (Å²) in [5, 5.41) is 3.23. The summed E-state index contributed by atoms with van der Waals surface area (Å²) < 4.78 is 5.68. The van der Waals surface area contributed by atoms with Gasteiger partial charge in [0.15, 0.2) is 11.6 Å². The SMILES string of the molecule is Nc1cc(COc2cccnc2N)cc(C(=O)N2CCNCC2)c1. The summed E-state index contributed by atoms with van der Waals surface area (Å²) in [6.07, 6.45) is 1.60. The van der Waals surface area contributed by atoms with E-state index in [0.29, 0.717) is 35.9 Å². The van der Waals surface area contributed by atoms with Crippen LogP contribution in [0, 0.1) is 0 Å². The van der Waals surface area contributed by atoms with E-state index < -0.39 is 0 Å². The predicted octanol–water partition coefficient (Wildman–Crippen LogP) is 0.870. The van der Waals surface area contributed by atoms with Gasteiger partial charge in [-0.1, -0.05) is 0 Å². The van der Waals surface area contributed by atoms with Crippen LogP contribution in [0.15, 0.2) is 36.5 Å². The fraction of sp³-hybridized carbons (Fsp3) is 0.294. The Morgan fingerprint density at radius 3 is 2.79 bits per heavy atom. The first-order chi connectivity index (χ1) is 11.6. The first-order valence-corrected chi connectivity index (χ1v) is 7.86. The summed E-state index contributed by atoms with van der Waals surface area (Å²) in [5.74, 6) is 0.833. The van der Waals surface area contributed by atoms with Crippen molar-refractivity contribution in [3.63, 3.8) is 0 Å². The minimum atomic E-state index is -0.00839. The summed E-state index contributed by atoms with van der Waals surface area (Å²) in [5.41, 5.74) is 13.6. The molecular weight excluding hydrogens is 306 g/mol. The van der Waals surface area contributed by atoms with Gasteiger partial charge < -0.3 is 26.4 Å². The normalized spacial score (nSPS) is 14.4. The van der Waals surface area contributed by atoms with E-state index >= 15 is 0 Å². The summed E-state index contributed by atoms with van der Waals surface area (Å²) in [4.78, 5) is 18.4. The Kier molecular flexibility index (Phi) is 4.81. The molecule has 0 saturated carbocycles. The number of amides is 1. The van der Waals surface area contributed by atoms with Crippen molar-refractivity contribution in [1.29, 1.82) is 0 Å². The fourth-order valence-corrected chi connectivity index (χ4v) is 2.66. The van der Waals surface area contributed by atoms with Crippen LogP contribution in [0.5, 0.6) is 5.75 Å². The number of carbonyl (C=O) groups is 1. The Balaban J connectivity index is 1.73. The van der Waals surface area contributed by atoms with Crippen molar-refractivity contribution in [3.05, 3.63) is 47.7 Å². The molecule has 2 heterocycles. The number of nitrogens with two attached hydrogens (primary N) is 2. The fourth-order valence-electron chi connectivity index (χ4n) is 2.66. The predicted molar refractivity (Wildman–Crippen MR) is 92.6 cm³/mol. The van der Waals surface area contributed by atoms with Crippen LogP contribution in [-0.4, -0.2) is 42.0 Å². The van der Waals surface area contributed by atoms with E-state index in [0.717, 1.165) is 18.7 Å². The summed E-state index contributed by atoms with van der Waals surface area (Å²) >= 11 is 0. The minimum Gasteiger partial charge on any atom is -0.485 e. The van der Waals surface area contributed by atoms with Crippen molar-refractivity contribution in [2.24, 2.45) is 0 Å². The van der Waals surface area contributed by atoms with Crippen LogP contribution in [0.2, 0.25) is 0 Å². The largest absolute Gasteiger partial charge is 0.485 e. The highest BCUT2D eigenvalue weighted by Gasteiger charge is 2.18. The topological polar surface area (TPSA) is 106 Å². The molecule has 7 nitrogen and oxygen atoms in total. The van der Waals surface area contributed by atoms with Gasteiger partial charge in [-0.25, -0.2) is 4.98 Å². The average molecular weight is 327 g/mol. The van der Waals surface area contributed by atoms with E-state index in [2.05, 4.69) is 10.3 Å². The third-order valence-corrected chi connectivity index (χ3v) is 3.86. The second-order valence-corrected chi connectivity index (χ2v) is 5.68. The van der Waals surface area contributed by atoms with Gasteiger partial charge in [0.25, 0.3) is 5.91 Å². The number of hydrogen-bond acceptors (Lipinski definition) is 6. The number of nitrogen functional groups attached to an aromatic ring is 2. The van der Waals surface area contributed by atoms with Crippen molar-refractivity contribution in [1.82, 2.24) is 15.2 Å². The van der Waals surface area contributed by atoms with E-state index in [1.165, 1.54) is 0 Å². The highest BCUT2D eigenvalue weighted by Crippen LogP contribution is 2.20. The van der Waals surface area contributed by atoms with E-state index in [1.807, 2.05) is 11.0 Å². The van der Waals surface area contributed by atoms with Crippen LogP contribution in [-0.2, 0) is 6.61 Å². The number of rotatable bonds is 4. The molecule has 1 aliphatic heterocycles. The second kappa shape index (κ2) is 7.18. The van der Waals surface area contributed by atoms with Crippen LogP contribution in [0.3, 0.4) is 0 Å². The molecule has 0 radical (unpaired) electrons. The van der Waals surface area contributed by atoms with Gasteiger partial charge in [0, 0.05) is 43.6 Å². The van der Waals surface area contributed by atoms with Gasteiger partial charge >= 0.3 is 0 Å². The molecule has 1 aromatic heterocycles. The number of pyridine rings is 1. The molecule has 0 spiro atoms. The van der Waals surface area contributed by atoms with Crippen molar-refractivity contribution >= 4 is 17.4 Å². The van der Waals surface area contributed by atoms with Gasteiger partial charge in [-0.2, -0.15) is 0 Å². The van der Waals surface area contributed by atoms with E-state index in [-0.39, 0.29) is 12.5 Å². The molecule has 0 aliphatic carbocycles. The van der Waals surface area contributed by atoms with Crippen LogP contribution in [0.4, 0.5) is 11.5 Å². The van der Waals surface area contributed by atoms with E-state index in [4.69, 9.17) is 16.2 Å². The van der Waals surface area contributed by atoms with Crippen LogP contribution < -0.4 is 21.5 Å². The van der Waals surface area contributed by atoms with Crippen LogP contribution in [0.1, 0.15) is 15.9 Å². The maximum Gasteiger partial charge on any atom is 0.254 e. The van der Waals surface area contributed by atoms with E-state index in [1.54, 1.807) is 30.5 Å². The first-order valence-electron chi connectivity index (χ1n) is 7.86. The third-order valence-electron chi connectivity index (χ3n) is 3.86. The van der Waals surface area contributed by atoms with Gasteiger partial charge in [0.05, 0.1) is 0 Å². The smallest absolute Gasteiger partial charge is 0.254 e. The number of hydrogen-bond donors (Lipinski definition) is 3. The van der Waals surface area contributed by atoms with Gasteiger partial charge in [0.2, 0.25) is 0 Å². The maximum absolute atomic E-state index is 12.6. The molecule has 0 atom stereocenters. The molecule has 126 valence electrons. The summed E-state index contributed by atoms with van der Waals surface area (Å²) in [7, 11) is 0. The molecule has 5 N–H and O–H groups in total. The van der Waals surface area contributed by atoms with Gasteiger partial charge in [-0.15, -0.1) is 0 Å². The molecule has 2 aromatic rings. The molecule has 24 heavy (non-hydrogen) atoms. The summed E-state index contributed by atoms with van der Waals surface area (Å²) in [6.45, 7) is 3.29. The number of ether oxygens (including phenoxy) is 1. The number of carbonyl (C=O) groups excluding carboxylic acids is 1. The molecule has 1 aliphatic rings. The minimum absolute atomic E-state index is 0.00839. The molecule has 1 saturated heterocycles. The zero-order valence-electron chi connectivity index (χ0n) is 13.4. The number of nitrogens with zero attached hydrogens (tertiary/aromatic N) is 2. The quantitative estimate of drug-likeness (QED) is 0.720. The molecule has 1 amide bonds. The van der Waals surface area contributed by atoms with Crippen molar-refractivity contribution in [2.75, 3.05) is 37.6 Å². The lowest BCUT2D eigenvalue weighted by atomic mass is 10.1. The lowest BCUT2D eigenvalue weighted by Crippen LogP contribution is -2.46. The number of aromatic nitrogens is 1. The lowest BCUT2D eigenvalue weighted by Gasteiger charge is -2.27. The molecule has 3 rings (SSSR count). The van der Waals surface area contributed by atoms with Crippen molar-refractivity contribution < 1.29 is 9.53 Å². The zero-order valence-corrected chi connectivity index (χ0v) is 13.4. The Morgan fingerprint density at radius 2 is 2.04 bits per heavy atom. The Bertz CT molecular complexity index is 729.